The van der Waals surface area contributed by atoms with Crippen molar-refractivity contribution in [2.45, 2.75) is 58.0 Å². The molecule has 16 heavy (non-hydrogen) atoms. The van der Waals surface area contributed by atoms with Gasteiger partial charge in [0.1, 0.15) is 0 Å². The molecule has 0 aliphatic carbocycles. The number of phosphoric ester groups is 1. The Morgan fingerprint density at radius 1 is 1.19 bits per heavy atom. The first kappa shape index (κ1) is 16.1. The van der Waals surface area contributed by atoms with Gasteiger partial charge in [-0.15, -0.1) is 0 Å². The molecule has 0 saturated heterocycles. The van der Waals surface area contributed by atoms with E-state index < -0.39 is 13.4 Å². The molecule has 0 heterocycles. The predicted molar refractivity (Wildman–Crippen MR) is 64.0 cm³/mol. The molecule has 0 spiro atoms. The first-order chi connectivity index (χ1) is 7.39. The minimum atomic E-state index is -4.46. The molecule has 0 aromatic heterocycles. The van der Waals surface area contributed by atoms with Crippen molar-refractivity contribution >= 4 is 7.82 Å². The molecular formula is C10H24NO4P. The van der Waals surface area contributed by atoms with E-state index in [2.05, 4.69) is 0 Å². The molecule has 0 bridgehead atoms. The van der Waals surface area contributed by atoms with E-state index >= 15 is 0 Å². The van der Waals surface area contributed by atoms with Gasteiger partial charge in [0.15, 0.2) is 0 Å². The highest BCUT2D eigenvalue weighted by atomic mass is 31.2. The normalized spacial score (nSPS) is 13.1. The molecule has 0 rings (SSSR count). The van der Waals surface area contributed by atoms with E-state index in [1.807, 2.05) is 13.8 Å². The van der Waals surface area contributed by atoms with Crippen molar-refractivity contribution in [2.75, 3.05) is 6.54 Å². The Balaban J connectivity index is 4.59. The second-order valence-electron chi connectivity index (χ2n) is 4.18. The standard InChI is InChI=1S/C10H24NO4P/c1-3-5-7-10(9-11,8-6-4-2)15-16(12,13)14/h3-9,11H2,1-2H3,(H2,12,13,14). The van der Waals surface area contributed by atoms with Crippen molar-refractivity contribution in [3.8, 4) is 0 Å². The molecule has 0 radical (unpaired) electrons. The van der Waals surface area contributed by atoms with Crippen LogP contribution in [0.5, 0.6) is 0 Å². The maximum absolute atomic E-state index is 10.9. The lowest BCUT2D eigenvalue weighted by atomic mass is 9.91. The molecule has 0 aliphatic rings. The van der Waals surface area contributed by atoms with E-state index in [0.717, 1.165) is 25.7 Å². The summed E-state index contributed by atoms with van der Waals surface area (Å²) in [7, 11) is -4.46. The topological polar surface area (TPSA) is 92.8 Å². The summed E-state index contributed by atoms with van der Waals surface area (Å²) in [6.07, 6.45) is 4.84. The molecular weight excluding hydrogens is 229 g/mol. The highest BCUT2D eigenvalue weighted by molar-refractivity contribution is 7.46. The van der Waals surface area contributed by atoms with Gasteiger partial charge >= 0.3 is 7.82 Å². The first-order valence-electron chi connectivity index (χ1n) is 5.85. The van der Waals surface area contributed by atoms with Gasteiger partial charge in [0, 0.05) is 6.54 Å². The minimum absolute atomic E-state index is 0.151. The zero-order valence-corrected chi connectivity index (χ0v) is 11.1. The molecule has 0 saturated carbocycles. The van der Waals surface area contributed by atoms with Gasteiger partial charge in [0.2, 0.25) is 0 Å². The van der Waals surface area contributed by atoms with Crippen LogP contribution in [0.3, 0.4) is 0 Å². The van der Waals surface area contributed by atoms with E-state index in [0.29, 0.717) is 12.8 Å². The van der Waals surface area contributed by atoms with Gasteiger partial charge in [0.05, 0.1) is 5.60 Å². The summed E-state index contributed by atoms with van der Waals surface area (Å²) in [6.45, 7) is 4.20. The predicted octanol–water partition coefficient (Wildman–Crippen LogP) is 2.17. The molecule has 0 aromatic carbocycles. The van der Waals surface area contributed by atoms with Crippen LogP contribution >= 0.6 is 7.82 Å². The molecule has 0 fully saturated rings. The fourth-order valence-corrected chi connectivity index (χ4v) is 2.47. The molecule has 0 aromatic rings. The number of unbranched alkanes of at least 4 members (excludes halogenated alkanes) is 2. The van der Waals surface area contributed by atoms with Crippen LogP contribution in [0.15, 0.2) is 0 Å². The fourth-order valence-electron chi connectivity index (χ4n) is 1.71. The van der Waals surface area contributed by atoms with Gasteiger partial charge in [-0.2, -0.15) is 0 Å². The Labute approximate surface area is 97.6 Å². The van der Waals surface area contributed by atoms with E-state index in [9.17, 15) is 4.57 Å². The summed E-state index contributed by atoms with van der Waals surface area (Å²) in [4.78, 5) is 17.8. The highest BCUT2D eigenvalue weighted by Gasteiger charge is 2.35. The summed E-state index contributed by atoms with van der Waals surface area (Å²) in [5.41, 5.74) is 4.77. The lowest BCUT2D eigenvalue weighted by Crippen LogP contribution is -2.40. The van der Waals surface area contributed by atoms with Crippen LogP contribution in [0.1, 0.15) is 52.4 Å². The minimum Gasteiger partial charge on any atom is -0.328 e. The van der Waals surface area contributed by atoms with Crippen LogP contribution in [0.25, 0.3) is 0 Å². The van der Waals surface area contributed by atoms with Crippen LogP contribution in [-0.2, 0) is 9.09 Å². The lowest BCUT2D eigenvalue weighted by Gasteiger charge is -2.32. The fraction of sp³-hybridized carbons (Fsp3) is 1.00. The summed E-state index contributed by atoms with van der Waals surface area (Å²) in [5, 5.41) is 0. The molecule has 0 amide bonds. The quantitative estimate of drug-likeness (QED) is 0.548. The van der Waals surface area contributed by atoms with Crippen LogP contribution in [0.4, 0.5) is 0 Å². The maximum Gasteiger partial charge on any atom is 0.470 e. The van der Waals surface area contributed by atoms with Crippen molar-refractivity contribution in [1.82, 2.24) is 0 Å². The van der Waals surface area contributed by atoms with Crippen LogP contribution in [0, 0.1) is 0 Å². The van der Waals surface area contributed by atoms with Crippen molar-refractivity contribution in [3.05, 3.63) is 0 Å². The van der Waals surface area contributed by atoms with Crippen LogP contribution in [0.2, 0.25) is 0 Å². The molecule has 5 nitrogen and oxygen atoms in total. The third kappa shape index (κ3) is 6.61. The van der Waals surface area contributed by atoms with E-state index in [1.54, 1.807) is 0 Å². The number of rotatable bonds is 9. The summed E-state index contributed by atoms with van der Waals surface area (Å²) in [5.74, 6) is 0. The van der Waals surface area contributed by atoms with Gasteiger partial charge < -0.3 is 15.5 Å². The van der Waals surface area contributed by atoms with E-state index in [1.165, 1.54) is 0 Å². The average Bonchev–Trinajstić information content (AvgIpc) is 2.20. The van der Waals surface area contributed by atoms with Gasteiger partial charge in [-0.25, -0.2) is 4.57 Å². The zero-order chi connectivity index (χ0) is 12.7. The number of hydrogen-bond donors (Lipinski definition) is 3. The third-order valence-electron chi connectivity index (χ3n) is 2.66. The first-order valence-corrected chi connectivity index (χ1v) is 7.38. The van der Waals surface area contributed by atoms with Crippen molar-refractivity contribution in [1.29, 1.82) is 0 Å². The molecule has 98 valence electrons. The molecule has 4 N–H and O–H groups in total. The van der Waals surface area contributed by atoms with Crippen molar-refractivity contribution in [2.24, 2.45) is 5.73 Å². The Kier molecular flexibility index (Phi) is 7.44. The SMILES string of the molecule is CCCCC(CN)(CCCC)OP(=O)(O)O. The number of nitrogens with two attached hydrogens (primary N) is 1. The number of hydrogen-bond acceptors (Lipinski definition) is 3. The molecule has 0 atom stereocenters. The van der Waals surface area contributed by atoms with Crippen molar-refractivity contribution in [3.63, 3.8) is 0 Å². The summed E-state index contributed by atoms with van der Waals surface area (Å²) in [6, 6.07) is 0. The Bertz CT molecular complexity index is 221. The van der Waals surface area contributed by atoms with Crippen molar-refractivity contribution < 1.29 is 18.9 Å². The van der Waals surface area contributed by atoms with E-state index in [4.69, 9.17) is 20.0 Å². The van der Waals surface area contributed by atoms with E-state index in [-0.39, 0.29) is 6.54 Å². The second kappa shape index (κ2) is 7.41. The monoisotopic (exact) mass is 253 g/mol. The second-order valence-corrected chi connectivity index (χ2v) is 5.34. The third-order valence-corrected chi connectivity index (χ3v) is 3.28. The van der Waals surface area contributed by atoms with Crippen LogP contribution < -0.4 is 5.73 Å². The Hall–Kier alpha value is 0.0700. The van der Waals surface area contributed by atoms with Gasteiger partial charge in [-0.05, 0) is 12.8 Å². The summed E-state index contributed by atoms with van der Waals surface area (Å²) < 4.78 is 15.9. The molecule has 0 unspecified atom stereocenters. The smallest absolute Gasteiger partial charge is 0.328 e. The average molecular weight is 253 g/mol. The Morgan fingerprint density at radius 2 is 1.62 bits per heavy atom. The Morgan fingerprint density at radius 3 is 1.88 bits per heavy atom. The zero-order valence-electron chi connectivity index (χ0n) is 10.2. The largest absolute Gasteiger partial charge is 0.470 e. The number of phosphoric acid groups is 1. The maximum atomic E-state index is 10.9. The van der Waals surface area contributed by atoms with Gasteiger partial charge in [-0.1, -0.05) is 39.5 Å². The van der Waals surface area contributed by atoms with Gasteiger partial charge in [-0.3, -0.25) is 4.52 Å². The van der Waals surface area contributed by atoms with Gasteiger partial charge in [0.25, 0.3) is 0 Å². The molecule has 6 heteroatoms. The lowest BCUT2D eigenvalue weighted by molar-refractivity contribution is 0.0226. The van der Waals surface area contributed by atoms with Crippen LogP contribution in [-0.4, -0.2) is 21.9 Å². The molecule has 0 aliphatic heterocycles. The summed E-state index contributed by atoms with van der Waals surface area (Å²) >= 11 is 0. The highest BCUT2D eigenvalue weighted by Crippen LogP contribution is 2.44.